The predicted molar refractivity (Wildman–Crippen MR) is 78.1 cm³/mol. The molecule has 1 atom stereocenters. The smallest absolute Gasteiger partial charge is 0.239 e. The molecule has 0 aliphatic heterocycles. The fourth-order valence-electron chi connectivity index (χ4n) is 1.82. The average molecular weight is 313 g/mol. The number of nitrogens with one attached hydrogen (secondary N) is 2. The SMILES string of the molecule is COc1cc(F)c(C(C)NC(=O)CNC(=O)CN)cc1OC. The third kappa shape index (κ3) is 4.59. The molecule has 0 aliphatic rings. The lowest BCUT2D eigenvalue weighted by Gasteiger charge is -2.17. The highest BCUT2D eigenvalue weighted by molar-refractivity contribution is 5.85. The van der Waals surface area contributed by atoms with Crippen LogP contribution in [-0.2, 0) is 9.59 Å². The molecule has 22 heavy (non-hydrogen) atoms. The first kappa shape index (κ1) is 17.7. The lowest BCUT2D eigenvalue weighted by molar-refractivity contribution is -0.125. The van der Waals surface area contributed by atoms with E-state index in [9.17, 15) is 14.0 Å². The van der Waals surface area contributed by atoms with Crippen molar-refractivity contribution in [1.29, 1.82) is 0 Å². The Morgan fingerprint density at radius 3 is 2.36 bits per heavy atom. The first-order chi connectivity index (χ1) is 10.4. The molecule has 1 aromatic rings. The van der Waals surface area contributed by atoms with E-state index in [2.05, 4.69) is 10.6 Å². The van der Waals surface area contributed by atoms with Crippen LogP contribution in [0, 0.1) is 5.82 Å². The molecule has 8 heteroatoms. The van der Waals surface area contributed by atoms with Crippen LogP contribution in [0.4, 0.5) is 4.39 Å². The molecule has 1 rings (SSSR count). The van der Waals surface area contributed by atoms with Gasteiger partial charge >= 0.3 is 0 Å². The molecule has 7 nitrogen and oxygen atoms in total. The van der Waals surface area contributed by atoms with Crippen molar-refractivity contribution in [2.45, 2.75) is 13.0 Å². The Bertz CT molecular complexity index is 551. The van der Waals surface area contributed by atoms with Gasteiger partial charge in [0.2, 0.25) is 11.8 Å². The van der Waals surface area contributed by atoms with E-state index in [1.807, 2.05) is 0 Å². The van der Waals surface area contributed by atoms with Crippen molar-refractivity contribution in [2.24, 2.45) is 5.73 Å². The Labute approximate surface area is 128 Å². The van der Waals surface area contributed by atoms with Gasteiger partial charge in [0.25, 0.3) is 0 Å². The van der Waals surface area contributed by atoms with Gasteiger partial charge in [0.15, 0.2) is 11.5 Å². The predicted octanol–water partition coefficient (Wildman–Crippen LogP) is 0.0950. The number of nitrogens with two attached hydrogens (primary N) is 1. The number of halogens is 1. The number of rotatable bonds is 7. The molecule has 0 fully saturated rings. The summed E-state index contributed by atoms with van der Waals surface area (Å²) in [5.41, 5.74) is 5.36. The maximum Gasteiger partial charge on any atom is 0.239 e. The lowest BCUT2D eigenvalue weighted by atomic mass is 10.1. The number of ether oxygens (including phenoxy) is 2. The second-order valence-electron chi connectivity index (χ2n) is 4.50. The molecule has 0 bridgehead atoms. The van der Waals surface area contributed by atoms with E-state index in [0.717, 1.165) is 0 Å². The van der Waals surface area contributed by atoms with Crippen LogP contribution in [0.2, 0.25) is 0 Å². The van der Waals surface area contributed by atoms with Crippen molar-refractivity contribution >= 4 is 11.8 Å². The van der Waals surface area contributed by atoms with Gasteiger partial charge in [-0.05, 0) is 13.0 Å². The van der Waals surface area contributed by atoms with Crippen LogP contribution in [0.5, 0.6) is 11.5 Å². The maximum absolute atomic E-state index is 14.0. The van der Waals surface area contributed by atoms with Gasteiger partial charge in [-0.2, -0.15) is 0 Å². The molecule has 2 amide bonds. The van der Waals surface area contributed by atoms with Gasteiger partial charge in [0, 0.05) is 11.6 Å². The quantitative estimate of drug-likeness (QED) is 0.662. The zero-order chi connectivity index (χ0) is 16.7. The van der Waals surface area contributed by atoms with Crippen molar-refractivity contribution < 1.29 is 23.5 Å². The summed E-state index contributed by atoms with van der Waals surface area (Å²) in [4.78, 5) is 22.7. The Kier molecular flexibility index (Phi) is 6.58. The highest BCUT2D eigenvalue weighted by Crippen LogP contribution is 2.32. The minimum atomic E-state index is -0.609. The summed E-state index contributed by atoms with van der Waals surface area (Å²) in [7, 11) is 2.84. The summed E-state index contributed by atoms with van der Waals surface area (Å²) < 4.78 is 24.2. The van der Waals surface area contributed by atoms with Gasteiger partial charge in [-0.1, -0.05) is 0 Å². The second kappa shape index (κ2) is 8.18. The van der Waals surface area contributed by atoms with E-state index in [1.54, 1.807) is 6.92 Å². The molecular weight excluding hydrogens is 293 g/mol. The van der Waals surface area contributed by atoms with Crippen LogP contribution in [0.1, 0.15) is 18.5 Å². The molecule has 0 spiro atoms. The Balaban J connectivity index is 2.78. The zero-order valence-corrected chi connectivity index (χ0v) is 12.7. The number of carbonyl (C=O) groups is 2. The highest BCUT2D eigenvalue weighted by Gasteiger charge is 2.18. The Morgan fingerprint density at radius 2 is 1.82 bits per heavy atom. The average Bonchev–Trinajstić information content (AvgIpc) is 2.51. The van der Waals surface area contributed by atoms with Crippen LogP contribution in [-0.4, -0.2) is 39.1 Å². The molecular formula is C14H20FN3O4. The van der Waals surface area contributed by atoms with E-state index in [0.29, 0.717) is 5.75 Å². The van der Waals surface area contributed by atoms with Gasteiger partial charge in [0.05, 0.1) is 33.4 Å². The van der Waals surface area contributed by atoms with E-state index in [1.165, 1.54) is 26.4 Å². The van der Waals surface area contributed by atoms with Crippen LogP contribution in [0.15, 0.2) is 12.1 Å². The molecule has 122 valence electrons. The number of methoxy groups -OCH3 is 2. The van der Waals surface area contributed by atoms with Crippen LogP contribution < -0.4 is 25.8 Å². The third-order valence-electron chi connectivity index (χ3n) is 2.98. The van der Waals surface area contributed by atoms with Crippen LogP contribution in [0.25, 0.3) is 0 Å². The Hall–Kier alpha value is -2.35. The molecule has 0 aromatic heterocycles. The van der Waals surface area contributed by atoms with E-state index in [-0.39, 0.29) is 24.4 Å². The van der Waals surface area contributed by atoms with Crippen molar-refractivity contribution in [2.75, 3.05) is 27.3 Å². The van der Waals surface area contributed by atoms with Crippen molar-refractivity contribution in [3.8, 4) is 11.5 Å². The molecule has 1 unspecified atom stereocenters. The topological polar surface area (TPSA) is 103 Å². The highest BCUT2D eigenvalue weighted by atomic mass is 19.1. The van der Waals surface area contributed by atoms with E-state index < -0.39 is 23.7 Å². The molecule has 4 N–H and O–H groups in total. The Morgan fingerprint density at radius 1 is 1.23 bits per heavy atom. The summed E-state index contributed by atoms with van der Waals surface area (Å²) in [6, 6.07) is 2.03. The summed E-state index contributed by atoms with van der Waals surface area (Å²) in [6.07, 6.45) is 0. The minimum absolute atomic E-state index is 0.201. The minimum Gasteiger partial charge on any atom is -0.493 e. The van der Waals surface area contributed by atoms with Gasteiger partial charge in [-0.3, -0.25) is 9.59 Å². The number of carbonyl (C=O) groups excluding carboxylic acids is 2. The van der Waals surface area contributed by atoms with Gasteiger partial charge in [0.1, 0.15) is 5.82 Å². The number of benzene rings is 1. The molecule has 0 aliphatic carbocycles. The van der Waals surface area contributed by atoms with Crippen molar-refractivity contribution in [3.63, 3.8) is 0 Å². The summed E-state index contributed by atoms with van der Waals surface area (Å²) >= 11 is 0. The molecule has 0 saturated heterocycles. The lowest BCUT2D eigenvalue weighted by Crippen LogP contribution is -2.40. The van der Waals surface area contributed by atoms with Crippen molar-refractivity contribution in [1.82, 2.24) is 10.6 Å². The van der Waals surface area contributed by atoms with Crippen LogP contribution in [0.3, 0.4) is 0 Å². The van der Waals surface area contributed by atoms with Gasteiger partial charge < -0.3 is 25.8 Å². The number of hydrogen-bond acceptors (Lipinski definition) is 5. The molecule has 0 saturated carbocycles. The summed E-state index contributed by atoms with van der Waals surface area (Å²) in [6.45, 7) is 1.19. The fraction of sp³-hybridized carbons (Fsp3) is 0.429. The van der Waals surface area contributed by atoms with Crippen molar-refractivity contribution in [3.05, 3.63) is 23.5 Å². The molecule has 1 aromatic carbocycles. The fourth-order valence-corrected chi connectivity index (χ4v) is 1.82. The summed E-state index contributed by atoms with van der Waals surface area (Å²) in [5, 5.41) is 4.90. The number of amides is 2. The zero-order valence-electron chi connectivity index (χ0n) is 12.7. The normalized spacial score (nSPS) is 11.5. The standard InChI is InChI=1S/C14H20FN3O4/c1-8(18-14(20)7-17-13(19)6-16)9-4-11(21-2)12(22-3)5-10(9)15/h4-5,8H,6-7,16H2,1-3H3,(H,17,19)(H,18,20). The second-order valence-corrected chi connectivity index (χ2v) is 4.50. The molecule has 0 heterocycles. The maximum atomic E-state index is 14.0. The third-order valence-corrected chi connectivity index (χ3v) is 2.98. The largest absolute Gasteiger partial charge is 0.493 e. The first-order valence-corrected chi connectivity index (χ1v) is 6.60. The number of hydrogen-bond donors (Lipinski definition) is 3. The monoisotopic (exact) mass is 313 g/mol. The van der Waals surface area contributed by atoms with Crippen LogP contribution >= 0.6 is 0 Å². The van der Waals surface area contributed by atoms with E-state index >= 15 is 0 Å². The van der Waals surface area contributed by atoms with Gasteiger partial charge in [-0.15, -0.1) is 0 Å². The first-order valence-electron chi connectivity index (χ1n) is 6.60. The molecule has 0 radical (unpaired) electrons. The van der Waals surface area contributed by atoms with E-state index in [4.69, 9.17) is 15.2 Å². The summed E-state index contributed by atoms with van der Waals surface area (Å²) in [5.74, 6) is -0.811. The van der Waals surface area contributed by atoms with Gasteiger partial charge in [-0.25, -0.2) is 4.39 Å².